The quantitative estimate of drug-likeness (QED) is 0.491. The number of hydrogen-bond donors (Lipinski definition) is 2. The molecule has 1 aromatic carbocycles. The average Bonchev–Trinajstić information content (AvgIpc) is 2.63. The molecule has 1 aliphatic rings. The normalized spacial score (nSPS) is 17.8. The van der Waals surface area contributed by atoms with Crippen LogP contribution >= 0.6 is 0 Å². The number of aliphatic hydroxyl groups excluding tert-OH is 1. The zero-order chi connectivity index (χ0) is 20.6. The van der Waals surface area contributed by atoms with Crippen molar-refractivity contribution >= 4 is 0 Å². The molecule has 2 atom stereocenters. The van der Waals surface area contributed by atoms with Crippen LogP contribution < -0.4 is 15.2 Å². The van der Waals surface area contributed by atoms with Gasteiger partial charge in [0.25, 0.3) is 0 Å². The van der Waals surface area contributed by atoms with E-state index in [0.717, 1.165) is 48.7 Å². The first-order valence-electron chi connectivity index (χ1n) is 11.1. The first kappa shape index (κ1) is 23.0. The summed E-state index contributed by atoms with van der Waals surface area (Å²) in [6.45, 7) is 6.69. The van der Waals surface area contributed by atoms with Gasteiger partial charge >= 0.3 is 0 Å². The zero-order valence-corrected chi connectivity index (χ0v) is 18.4. The van der Waals surface area contributed by atoms with Gasteiger partial charge in [-0.25, -0.2) is 0 Å². The van der Waals surface area contributed by atoms with Crippen LogP contribution in [0.2, 0.25) is 0 Å². The van der Waals surface area contributed by atoms with Gasteiger partial charge in [-0.3, -0.25) is 0 Å². The smallest absolute Gasteiger partial charge is 0.125 e. The first-order valence-corrected chi connectivity index (χ1v) is 11.1. The summed E-state index contributed by atoms with van der Waals surface area (Å²) in [5.74, 6) is 3.13. The Morgan fingerprint density at radius 2 is 1.96 bits per heavy atom. The van der Waals surface area contributed by atoms with Crippen LogP contribution in [-0.2, 0) is 6.42 Å². The van der Waals surface area contributed by atoms with Gasteiger partial charge in [0.05, 0.1) is 19.8 Å². The van der Waals surface area contributed by atoms with Crippen molar-refractivity contribution in [3.63, 3.8) is 0 Å². The highest BCUT2D eigenvalue weighted by Crippen LogP contribution is 2.35. The highest BCUT2D eigenvalue weighted by atomic mass is 16.5. The van der Waals surface area contributed by atoms with E-state index in [9.17, 15) is 5.11 Å². The lowest BCUT2D eigenvalue weighted by Crippen LogP contribution is -2.46. The lowest BCUT2D eigenvalue weighted by atomic mass is 9.75. The average molecular weight is 392 g/mol. The highest BCUT2D eigenvalue weighted by Gasteiger charge is 2.31. The van der Waals surface area contributed by atoms with E-state index in [0.29, 0.717) is 5.92 Å². The molecule has 1 fully saturated rings. The maximum Gasteiger partial charge on any atom is 0.125 e. The van der Waals surface area contributed by atoms with E-state index >= 15 is 0 Å². The SMILES string of the molecule is COc1cc(OC(C)CCCC(C)C)ccc1CC[C@@](N)(CO)CC1CCC1. The second-order valence-electron chi connectivity index (χ2n) is 9.25. The van der Waals surface area contributed by atoms with E-state index in [1.54, 1.807) is 7.11 Å². The molecule has 0 aliphatic heterocycles. The molecule has 2 rings (SSSR count). The third kappa shape index (κ3) is 7.29. The van der Waals surface area contributed by atoms with Crippen molar-refractivity contribution in [1.29, 1.82) is 0 Å². The molecule has 0 aromatic heterocycles. The molecular formula is C24H41NO3. The topological polar surface area (TPSA) is 64.7 Å². The second-order valence-corrected chi connectivity index (χ2v) is 9.25. The van der Waals surface area contributed by atoms with Gasteiger partial charge in [-0.2, -0.15) is 0 Å². The minimum absolute atomic E-state index is 0.0426. The van der Waals surface area contributed by atoms with E-state index in [1.807, 2.05) is 12.1 Å². The third-order valence-corrected chi connectivity index (χ3v) is 6.12. The first-order chi connectivity index (χ1) is 13.3. The number of aryl methyl sites for hydroxylation is 1. The number of hydrogen-bond acceptors (Lipinski definition) is 4. The summed E-state index contributed by atoms with van der Waals surface area (Å²) in [6.07, 6.45) is 9.99. The van der Waals surface area contributed by atoms with Crippen molar-refractivity contribution in [3.05, 3.63) is 23.8 Å². The number of aliphatic hydroxyl groups is 1. The van der Waals surface area contributed by atoms with Crippen LogP contribution in [0.4, 0.5) is 0 Å². The molecule has 0 spiro atoms. The maximum absolute atomic E-state index is 9.83. The van der Waals surface area contributed by atoms with Gasteiger partial charge in [-0.05, 0) is 62.5 Å². The molecule has 1 saturated carbocycles. The van der Waals surface area contributed by atoms with E-state index in [2.05, 4.69) is 26.8 Å². The van der Waals surface area contributed by atoms with Crippen molar-refractivity contribution in [2.75, 3.05) is 13.7 Å². The molecule has 4 heteroatoms. The van der Waals surface area contributed by atoms with Gasteiger partial charge in [0.1, 0.15) is 11.5 Å². The molecule has 160 valence electrons. The van der Waals surface area contributed by atoms with Crippen molar-refractivity contribution in [1.82, 2.24) is 0 Å². The summed E-state index contributed by atoms with van der Waals surface area (Å²) >= 11 is 0. The van der Waals surface area contributed by atoms with Crippen LogP contribution in [-0.4, -0.2) is 30.5 Å². The predicted octanol–water partition coefficient (Wildman–Crippen LogP) is 5.10. The molecule has 0 amide bonds. The molecule has 28 heavy (non-hydrogen) atoms. The lowest BCUT2D eigenvalue weighted by Gasteiger charge is -2.36. The van der Waals surface area contributed by atoms with Crippen LogP contribution in [0.3, 0.4) is 0 Å². The van der Waals surface area contributed by atoms with Crippen LogP contribution in [0.5, 0.6) is 11.5 Å². The van der Waals surface area contributed by atoms with E-state index in [-0.39, 0.29) is 12.7 Å². The van der Waals surface area contributed by atoms with E-state index in [1.165, 1.54) is 32.1 Å². The largest absolute Gasteiger partial charge is 0.496 e. The number of benzene rings is 1. The second kappa shape index (κ2) is 11.1. The Morgan fingerprint density at radius 1 is 1.21 bits per heavy atom. The number of ether oxygens (including phenoxy) is 2. The molecular weight excluding hydrogens is 350 g/mol. The van der Waals surface area contributed by atoms with Crippen molar-refractivity contribution in [3.8, 4) is 11.5 Å². The Morgan fingerprint density at radius 3 is 2.54 bits per heavy atom. The van der Waals surface area contributed by atoms with Crippen molar-refractivity contribution < 1.29 is 14.6 Å². The van der Waals surface area contributed by atoms with Gasteiger partial charge in [-0.1, -0.05) is 45.6 Å². The molecule has 4 nitrogen and oxygen atoms in total. The fourth-order valence-electron chi connectivity index (χ4n) is 4.01. The van der Waals surface area contributed by atoms with Crippen molar-refractivity contribution in [2.24, 2.45) is 17.6 Å². The van der Waals surface area contributed by atoms with Gasteiger partial charge in [0.15, 0.2) is 0 Å². The lowest BCUT2D eigenvalue weighted by molar-refractivity contribution is 0.135. The van der Waals surface area contributed by atoms with Gasteiger partial charge in [0, 0.05) is 11.6 Å². The summed E-state index contributed by atoms with van der Waals surface area (Å²) in [5, 5.41) is 9.83. The Balaban J connectivity index is 1.90. The fourth-order valence-corrected chi connectivity index (χ4v) is 4.01. The Labute approximate surface area is 171 Å². The molecule has 0 saturated heterocycles. The van der Waals surface area contributed by atoms with Crippen LogP contribution in [0.25, 0.3) is 0 Å². The van der Waals surface area contributed by atoms with E-state index in [4.69, 9.17) is 15.2 Å². The highest BCUT2D eigenvalue weighted by molar-refractivity contribution is 5.41. The summed E-state index contributed by atoms with van der Waals surface area (Å²) < 4.78 is 11.7. The van der Waals surface area contributed by atoms with Crippen LogP contribution in [0.1, 0.15) is 77.7 Å². The fraction of sp³-hybridized carbons (Fsp3) is 0.750. The van der Waals surface area contributed by atoms with Crippen molar-refractivity contribution in [2.45, 2.75) is 90.2 Å². The minimum atomic E-state index is -0.490. The van der Waals surface area contributed by atoms with Crippen LogP contribution in [0, 0.1) is 11.8 Å². The maximum atomic E-state index is 9.83. The third-order valence-electron chi connectivity index (χ3n) is 6.12. The summed E-state index contributed by atoms with van der Waals surface area (Å²) in [6, 6.07) is 6.09. The monoisotopic (exact) mass is 391 g/mol. The summed E-state index contributed by atoms with van der Waals surface area (Å²) in [4.78, 5) is 0. The van der Waals surface area contributed by atoms with Crippen LogP contribution in [0.15, 0.2) is 18.2 Å². The predicted molar refractivity (Wildman–Crippen MR) is 116 cm³/mol. The molecule has 0 bridgehead atoms. The minimum Gasteiger partial charge on any atom is -0.496 e. The number of methoxy groups -OCH3 is 1. The van der Waals surface area contributed by atoms with E-state index < -0.39 is 5.54 Å². The van der Waals surface area contributed by atoms with Gasteiger partial charge < -0.3 is 20.3 Å². The Bertz CT molecular complexity index is 585. The molecule has 0 radical (unpaired) electrons. The molecule has 1 aromatic rings. The Hall–Kier alpha value is -1.26. The molecule has 0 heterocycles. The Kier molecular flexibility index (Phi) is 9.10. The molecule has 1 aliphatic carbocycles. The van der Waals surface area contributed by atoms with Gasteiger partial charge in [0.2, 0.25) is 0 Å². The summed E-state index contributed by atoms with van der Waals surface area (Å²) in [7, 11) is 1.70. The number of rotatable bonds is 13. The number of nitrogens with two attached hydrogens (primary N) is 1. The zero-order valence-electron chi connectivity index (χ0n) is 18.4. The summed E-state index contributed by atoms with van der Waals surface area (Å²) in [5.41, 5.74) is 7.13. The molecule has 1 unspecified atom stereocenters. The van der Waals surface area contributed by atoms with Gasteiger partial charge in [-0.15, -0.1) is 0 Å². The molecule has 3 N–H and O–H groups in total. The standard InChI is InChI=1S/C24H41NO3/c1-18(2)7-5-8-19(3)28-22-12-11-21(23(15-22)27-4)13-14-24(25,17-26)16-20-9-6-10-20/h11-12,15,18-20,26H,5-10,13-14,16-17,25H2,1-4H3/t19?,24-/m0/s1.